The van der Waals surface area contributed by atoms with Crippen LogP contribution in [0.3, 0.4) is 0 Å². The van der Waals surface area contributed by atoms with E-state index in [1.54, 1.807) is 0 Å². The van der Waals surface area contributed by atoms with Crippen molar-refractivity contribution in [1.82, 2.24) is 10.2 Å². The maximum absolute atomic E-state index is 12.3. The third-order valence-corrected chi connectivity index (χ3v) is 3.32. The predicted molar refractivity (Wildman–Crippen MR) is 64.3 cm³/mol. The van der Waals surface area contributed by atoms with Crippen LogP contribution in [0.5, 0.6) is 0 Å². The lowest BCUT2D eigenvalue weighted by atomic mass is 9.88. The molecule has 0 radical (unpaired) electrons. The van der Waals surface area contributed by atoms with Gasteiger partial charge in [-0.25, -0.2) is 0 Å². The molecule has 94 valence electrons. The molecule has 1 fully saturated rings. The highest BCUT2D eigenvalue weighted by Crippen LogP contribution is 2.24. The molecule has 0 aromatic heterocycles. The van der Waals surface area contributed by atoms with Crippen molar-refractivity contribution in [3.8, 4) is 0 Å². The SMILES string of the molecule is CCC(C)(C)C(=O)N1CCOC(CNC)C1. The molecule has 1 heterocycles. The highest BCUT2D eigenvalue weighted by Gasteiger charge is 2.33. The summed E-state index contributed by atoms with van der Waals surface area (Å²) in [6, 6.07) is 0. The molecular weight excluding hydrogens is 204 g/mol. The molecule has 0 spiro atoms. The van der Waals surface area contributed by atoms with Gasteiger partial charge >= 0.3 is 0 Å². The molecule has 1 N–H and O–H groups in total. The number of ether oxygens (including phenoxy) is 1. The van der Waals surface area contributed by atoms with Gasteiger partial charge < -0.3 is 15.0 Å². The van der Waals surface area contributed by atoms with Crippen LogP contribution in [0.4, 0.5) is 0 Å². The van der Waals surface area contributed by atoms with Gasteiger partial charge in [-0.05, 0) is 13.5 Å². The van der Waals surface area contributed by atoms with Gasteiger partial charge in [0.25, 0.3) is 0 Å². The summed E-state index contributed by atoms with van der Waals surface area (Å²) in [6.07, 6.45) is 1.01. The van der Waals surface area contributed by atoms with Crippen molar-refractivity contribution < 1.29 is 9.53 Å². The molecule has 1 amide bonds. The minimum Gasteiger partial charge on any atom is -0.373 e. The van der Waals surface area contributed by atoms with E-state index in [4.69, 9.17) is 4.74 Å². The Balaban J connectivity index is 2.56. The Kier molecular flexibility index (Phi) is 4.74. The fraction of sp³-hybridized carbons (Fsp3) is 0.917. The Morgan fingerprint density at radius 3 is 2.81 bits per heavy atom. The van der Waals surface area contributed by atoms with Crippen molar-refractivity contribution in [3.05, 3.63) is 0 Å². The first-order valence-electron chi connectivity index (χ1n) is 6.07. The standard InChI is InChI=1S/C12H24N2O2/c1-5-12(2,3)11(15)14-6-7-16-10(9-14)8-13-4/h10,13H,5-9H2,1-4H3. The van der Waals surface area contributed by atoms with Gasteiger partial charge in [-0.1, -0.05) is 20.8 Å². The Morgan fingerprint density at radius 1 is 1.56 bits per heavy atom. The zero-order chi connectivity index (χ0) is 12.2. The van der Waals surface area contributed by atoms with E-state index in [0.717, 1.165) is 19.5 Å². The number of carbonyl (C=O) groups excluding carboxylic acids is 1. The van der Waals surface area contributed by atoms with Crippen molar-refractivity contribution in [2.45, 2.75) is 33.3 Å². The fourth-order valence-electron chi connectivity index (χ4n) is 1.83. The maximum atomic E-state index is 12.3. The summed E-state index contributed by atoms with van der Waals surface area (Å²) in [7, 11) is 1.90. The zero-order valence-electron chi connectivity index (χ0n) is 10.9. The van der Waals surface area contributed by atoms with E-state index in [2.05, 4.69) is 12.2 Å². The average molecular weight is 228 g/mol. The smallest absolute Gasteiger partial charge is 0.228 e. The minimum atomic E-state index is -0.248. The molecule has 1 atom stereocenters. The molecule has 1 aliphatic heterocycles. The topological polar surface area (TPSA) is 41.6 Å². The average Bonchev–Trinajstić information content (AvgIpc) is 2.29. The van der Waals surface area contributed by atoms with Crippen LogP contribution < -0.4 is 5.32 Å². The maximum Gasteiger partial charge on any atom is 0.228 e. The van der Waals surface area contributed by atoms with Crippen molar-refractivity contribution in [1.29, 1.82) is 0 Å². The van der Waals surface area contributed by atoms with Gasteiger partial charge in [0.2, 0.25) is 5.91 Å². The van der Waals surface area contributed by atoms with Crippen LogP contribution in [0, 0.1) is 5.41 Å². The van der Waals surface area contributed by atoms with Crippen LogP contribution >= 0.6 is 0 Å². The van der Waals surface area contributed by atoms with Crippen molar-refractivity contribution in [3.63, 3.8) is 0 Å². The van der Waals surface area contributed by atoms with Gasteiger partial charge in [0, 0.05) is 25.0 Å². The molecule has 1 saturated heterocycles. The van der Waals surface area contributed by atoms with E-state index in [1.165, 1.54) is 0 Å². The normalized spacial score (nSPS) is 22.2. The number of hydrogen-bond acceptors (Lipinski definition) is 3. The Bertz CT molecular complexity index is 239. The van der Waals surface area contributed by atoms with E-state index in [9.17, 15) is 4.79 Å². The first-order valence-corrected chi connectivity index (χ1v) is 6.07. The Hall–Kier alpha value is -0.610. The molecule has 1 aliphatic rings. The highest BCUT2D eigenvalue weighted by atomic mass is 16.5. The van der Waals surface area contributed by atoms with Gasteiger partial charge in [-0.15, -0.1) is 0 Å². The third-order valence-electron chi connectivity index (χ3n) is 3.32. The number of morpholine rings is 1. The summed E-state index contributed by atoms with van der Waals surface area (Å²) in [5.41, 5.74) is -0.248. The van der Waals surface area contributed by atoms with Crippen LogP contribution in [0.25, 0.3) is 0 Å². The number of likely N-dealkylation sites (N-methyl/N-ethyl adjacent to an activating group) is 1. The molecule has 4 heteroatoms. The van der Waals surface area contributed by atoms with E-state index in [-0.39, 0.29) is 17.4 Å². The summed E-state index contributed by atoms with van der Waals surface area (Å²) < 4.78 is 5.59. The van der Waals surface area contributed by atoms with E-state index in [0.29, 0.717) is 13.2 Å². The second-order valence-corrected chi connectivity index (χ2v) is 5.04. The number of rotatable bonds is 4. The van der Waals surface area contributed by atoms with Crippen LogP contribution in [0.2, 0.25) is 0 Å². The fourth-order valence-corrected chi connectivity index (χ4v) is 1.83. The van der Waals surface area contributed by atoms with Gasteiger partial charge in [-0.2, -0.15) is 0 Å². The van der Waals surface area contributed by atoms with E-state index < -0.39 is 0 Å². The number of nitrogens with one attached hydrogen (secondary N) is 1. The summed E-state index contributed by atoms with van der Waals surface area (Å²) >= 11 is 0. The first kappa shape index (κ1) is 13.5. The van der Waals surface area contributed by atoms with Crippen LogP contribution in [0.1, 0.15) is 27.2 Å². The van der Waals surface area contributed by atoms with Crippen molar-refractivity contribution >= 4 is 5.91 Å². The molecule has 1 unspecified atom stereocenters. The first-order chi connectivity index (χ1) is 7.51. The molecule has 0 saturated carbocycles. The molecule has 0 aliphatic carbocycles. The van der Waals surface area contributed by atoms with Gasteiger partial charge in [-0.3, -0.25) is 4.79 Å². The largest absolute Gasteiger partial charge is 0.373 e. The van der Waals surface area contributed by atoms with Crippen LogP contribution in [0.15, 0.2) is 0 Å². The lowest BCUT2D eigenvalue weighted by molar-refractivity contribution is -0.147. The predicted octanol–water partition coefficient (Wildman–Crippen LogP) is 0.869. The lowest BCUT2D eigenvalue weighted by Gasteiger charge is -2.37. The molecule has 4 nitrogen and oxygen atoms in total. The Morgan fingerprint density at radius 2 is 2.25 bits per heavy atom. The van der Waals surface area contributed by atoms with Crippen LogP contribution in [-0.2, 0) is 9.53 Å². The monoisotopic (exact) mass is 228 g/mol. The quantitative estimate of drug-likeness (QED) is 0.776. The van der Waals surface area contributed by atoms with Crippen molar-refractivity contribution in [2.24, 2.45) is 5.41 Å². The number of amides is 1. The number of carbonyl (C=O) groups is 1. The third kappa shape index (κ3) is 3.19. The van der Waals surface area contributed by atoms with Crippen molar-refractivity contribution in [2.75, 3.05) is 33.3 Å². The molecule has 0 bridgehead atoms. The second kappa shape index (κ2) is 5.64. The summed E-state index contributed by atoms with van der Waals surface area (Å²) in [5.74, 6) is 0.249. The van der Waals surface area contributed by atoms with Gasteiger partial charge in [0.05, 0.1) is 12.7 Å². The molecule has 0 aromatic carbocycles. The summed E-state index contributed by atoms with van der Waals surface area (Å²) in [6.45, 7) is 8.97. The molecule has 1 rings (SSSR count). The lowest BCUT2D eigenvalue weighted by Crippen LogP contribution is -2.51. The highest BCUT2D eigenvalue weighted by molar-refractivity contribution is 5.82. The number of hydrogen-bond donors (Lipinski definition) is 1. The molecule has 0 aromatic rings. The van der Waals surface area contributed by atoms with Crippen LogP contribution in [-0.4, -0.2) is 50.2 Å². The zero-order valence-corrected chi connectivity index (χ0v) is 10.9. The molecule has 16 heavy (non-hydrogen) atoms. The van der Waals surface area contributed by atoms with E-state index in [1.807, 2.05) is 25.8 Å². The second-order valence-electron chi connectivity index (χ2n) is 5.04. The van der Waals surface area contributed by atoms with E-state index >= 15 is 0 Å². The number of nitrogens with zero attached hydrogens (tertiary/aromatic N) is 1. The molecular formula is C12H24N2O2. The summed E-state index contributed by atoms with van der Waals surface area (Å²) in [5, 5.41) is 3.09. The Labute approximate surface area is 98.3 Å². The van der Waals surface area contributed by atoms with Gasteiger partial charge in [0.1, 0.15) is 0 Å². The summed E-state index contributed by atoms with van der Waals surface area (Å²) in [4.78, 5) is 14.2. The minimum absolute atomic E-state index is 0.135. The van der Waals surface area contributed by atoms with Gasteiger partial charge in [0.15, 0.2) is 0 Å².